The highest BCUT2D eigenvalue weighted by atomic mass is 32.2. The molecule has 0 spiro atoms. The SMILES string of the molecule is Cc1nc(Sc2nc(N)nc3[nH]ncc23)oc1C. The molecule has 3 aromatic heterocycles. The second kappa shape index (κ2) is 3.98. The molecular formula is C10H10N6OS. The van der Waals surface area contributed by atoms with Gasteiger partial charge in [0.1, 0.15) is 10.8 Å². The predicted octanol–water partition coefficient (Wildman–Crippen LogP) is 1.69. The van der Waals surface area contributed by atoms with Gasteiger partial charge < -0.3 is 10.2 Å². The summed E-state index contributed by atoms with van der Waals surface area (Å²) in [5.74, 6) is 0.984. The number of aromatic nitrogens is 5. The lowest BCUT2D eigenvalue weighted by molar-refractivity contribution is 0.431. The maximum atomic E-state index is 5.64. The fraction of sp³-hybridized carbons (Fsp3) is 0.200. The van der Waals surface area contributed by atoms with Gasteiger partial charge in [0.2, 0.25) is 5.95 Å². The number of nitrogens with one attached hydrogen (secondary N) is 1. The fourth-order valence-corrected chi connectivity index (χ4v) is 2.39. The van der Waals surface area contributed by atoms with Crippen LogP contribution < -0.4 is 5.73 Å². The first kappa shape index (κ1) is 11.0. The second-order valence-corrected chi connectivity index (χ2v) is 4.68. The number of nitrogens with zero attached hydrogens (tertiary/aromatic N) is 4. The van der Waals surface area contributed by atoms with Gasteiger partial charge in [0, 0.05) is 0 Å². The summed E-state index contributed by atoms with van der Waals surface area (Å²) in [6, 6.07) is 0. The Hall–Kier alpha value is -2.09. The molecule has 0 amide bonds. The highest BCUT2D eigenvalue weighted by Gasteiger charge is 2.13. The minimum absolute atomic E-state index is 0.189. The Morgan fingerprint density at radius 2 is 2.11 bits per heavy atom. The number of aromatic amines is 1. The third kappa shape index (κ3) is 1.80. The largest absolute Gasteiger partial charge is 0.436 e. The van der Waals surface area contributed by atoms with Gasteiger partial charge in [-0.3, -0.25) is 5.10 Å². The molecule has 0 radical (unpaired) electrons. The highest BCUT2D eigenvalue weighted by Crippen LogP contribution is 2.31. The number of rotatable bonds is 2. The van der Waals surface area contributed by atoms with Gasteiger partial charge in [0.15, 0.2) is 5.65 Å². The summed E-state index contributed by atoms with van der Waals surface area (Å²) in [6.07, 6.45) is 1.65. The van der Waals surface area contributed by atoms with E-state index in [1.54, 1.807) is 6.20 Å². The van der Waals surface area contributed by atoms with Gasteiger partial charge in [-0.2, -0.15) is 10.1 Å². The number of nitrogen functional groups attached to an aromatic ring is 1. The Morgan fingerprint density at radius 1 is 1.28 bits per heavy atom. The minimum Gasteiger partial charge on any atom is -0.436 e. The van der Waals surface area contributed by atoms with Crippen molar-refractivity contribution in [1.29, 1.82) is 0 Å². The van der Waals surface area contributed by atoms with E-state index < -0.39 is 0 Å². The highest BCUT2D eigenvalue weighted by molar-refractivity contribution is 7.99. The lowest BCUT2D eigenvalue weighted by atomic mass is 10.4. The lowest BCUT2D eigenvalue weighted by Crippen LogP contribution is -1.96. The summed E-state index contributed by atoms with van der Waals surface area (Å²) < 4.78 is 5.50. The summed E-state index contributed by atoms with van der Waals surface area (Å²) in [6.45, 7) is 3.76. The number of hydrogen-bond acceptors (Lipinski definition) is 7. The van der Waals surface area contributed by atoms with Crippen molar-refractivity contribution in [3.8, 4) is 0 Å². The minimum atomic E-state index is 0.189. The predicted molar refractivity (Wildman–Crippen MR) is 66.2 cm³/mol. The molecule has 0 aliphatic heterocycles. The topological polar surface area (TPSA) is 107 Å². The molecule has 0 aliphatic rings. The number of hydrogen-bond donors (Lipinski definition) is 2. The molecule has 0 saturated heterocycles. The molecule has 3 N–H and O–H groups in total. The van der Waals surface area contributed by atoms with Crippen LogP contribution in [0.25, 0.3) is 11.0 Å². The van der Waals surface area contributed by atoms with Crippen molar-refractivity contribution in [2.75, 3.05) is 5.73 Å². The summed E-state index contributed by atoms with van der Waals surface area (Å²) in [5.41, 5.74) is 7.10. The van der Waals surface area contributed by atoms with Crippen LogP contribution in [0, 0.1) is 13.8 Å². The van der Waals surface area contributed by atoms with Crippen LogP contribution in [0.2, 0.25) is 0 Å². The first-order valence-electron chi connectivity index (χ1n) is 5.22. The normalized spacial score (nSPS) is 11.2. The maximum absolute atomic E-state index is 5.64. The van der Waals surface area contributed by atoms with Crippen molar-refractivity contribution in [3.05, 3.63) is 17.7 Å². The van der Waals surface area contributed by atoms with Gasteiger partial charge in [-0.25, -0.2) is 9.97 Å². The molecule has 0 unspecified atom stereocenters. The van der Waals surface area contributed by atoms with Crippen molar-refractivity contribution < 1.29 is 4.42 Å². The number of H-pyrrole nitrogens is 1. The molecule has 3 aromatic rings. The Bertz CT molecular complexity index is 699. The van der Waals surface area contributed by atoms with Crippen molar-refractivity contribution in [3.63, 3.8) is 0 Å². The van der Waals surface area contributed by atoms with Crippen LogP contribution in [0.5, 0.6) is 0 Å². The molecule has 3 heterocycles. The average Bonchev–Trinajstić information content (AvgIpc) is 2.86. The molecule has 0 saturated carbocycles. The molecule has 0 fully saturated rings. The summed E-state index contributed by atoms with van der Waals surface area (Å²) in [4.78, 5) is 12.5. The van der Waals surface area contributed by atoms with Gasteiger partial charge in [-0.05, 0) is 25.6 Å². The molecule has 18 heavy (non-hydrogen) atoms. The van der Waals surface area contributed by atoms with E-state index in [2.05, 4.69) is 25.1 Å². The van der Waals surface area contributed by atoms with Crippen molar-refractivity contribution in [2.24, 2.45) is 0 Å². The van der Waals surface area contributed by atoms with E-state index in [0.717, 1.165) is 16.8 Å². The molecule has 0 aliphatic carbocycles. The molecule has 3 rings (SSSR count). The molecule has 0 bridgehead atoms. The average molecular weight is 262 g/mol. The summed E-state index contributed by atoms with van der Waals surface area (Å²) in [5, 5.41) is 8.68. The lowest BCUT2D eigenvalue weighted by Gasteiger charge is -1.99. The van der Waals surface area contributed by atoms with Crippen LogP contribution >= 0.6 is 11.8 Å². The summed E-state index contributed by atoms with van der Waals surface area (Å²) >= 11 is 1.30. The standard InChI is InChI=1S/C10H10N6OS/c1-4-5(2)17-10(13-4)18-8-6-3-12-16-7(6)14-9(11)15-8/h3H,1-2H3,(H3,11,12,14,15,16). The van der Waals surface area contributed by atoms with E-state index in [0.29, 0.717) is 15.9 Å². The quantitative estimate of drug-likeness (QED) is 0.677. The van der Waals surface area contributed by atoms with Crippen LogP contribution in [0.3, 0.4) is 0 Å². The van der Waals surface area contributed by atoms with Gasteiger partial charge in [-0.15, -0.1) is 0 Å². The number of aryl methyl sites for hydroxylation is 2. The smallest absolute Gasteiger partial charge is 0.262 e. The number of oxazole rings is 1. The Morgan fingerprint density at radius 3 is 2.83 bits per heavy atom. The van der Waals surface area contributed by atoms with Crippen LogP contribution in [0.4, 0.5) is 5.95 Å². The number of anilines is 1. The van der Waals surface area contributed by atoms with E-state index in [1.807, 2.05) is 13.8 Å². The third-order valence-corrected chi connectivity index (χ3v) is 3.34. The Balaban J connectivity index is 2.06. The van der Waals surface area contributed by atoms with E-state index in [9.17, 15) is 0 Å². The van der Waals surface area contributed by atoms with E-state index in [-0.39, 0.29) is 5.95 Å². The van der Waals surface area contributed by atoms with E-state index in [1.165, 1.54) is 11.8 Å². The maximum Gasteiger partial charge on any atom is 0.262 e. The van der Waals surface area contributed by atoms with Crippen molar-refractivity contribution in [2.45, 2.75) is 24.1 Å². The molecule has 7 nitrogen and oxygen atoms in total. The van der Waals surface area contributed by atoms with Gasteiger partial charge in [0.05, 0.1) is 17.3 Å². The van der Waals surface area contributed by atoms with Gasteiger partial charge in [0.25, 0.3) is 5.22 Å². The molecule has 8 heteroatoms. The molecule has 92 valence electrons. The van der Waals surface area contributed by atoms with Crippen molar-refractivity contribution in [1.82, 2.24) is 25.1 Å². The van der Waals surface area contributed by atoms with Gasteiger partial charge in [-0.1, -0.05) is 0 Å². The Kier molecular flexibility index (Phi) is 2.44. The zero-order valence-electron chi connectivity index (χ0n) is 9.76. The first-order valence-corrected chi connectivity index (χ1v) is 6.03. The molecular weight excluding hydrogens is 252 g/mol. The monoisotopic (exact) mass is 262 g/mol. The first-order chi connectivity index (χ1) is 8.63. The zero-order chi connectivity index (χ0) is 12.7. The summed E-state index contributed by atoms with van der Waals surface area (Å²) in [7, 11) is 0. The Labute approximate surface area is 106 Å². The number of nitrogens with two attached hydrogens (primary N) is 1. The molecule has 0 aromatic carbocycles. The number of fused-ring (bicyclic) bond motifs is 1. The molecule has 0 atom stereocenters. The van der Waals surface area contributed by atoms with E-state index >= 15 is 0 Å². The zero-order valence-corrected chi connectivity index (χ0v) is 10.6. The van der Waals surface area contributed by atoms with Gasteiger partial charge >= 0.3 is 0 Å². The van der Waals surface area contributed by atoms with Crippen LogP contribution in [0.15, 0.2) is 20.9 Å². The van der Waals surface area contributed by atoms with E-state index in [4.69, 9.17) is 10.2 Å². The van der Waals surface area contributed by atoms with Crippen LogP contribution in [-0.2, 0) is 0 Å². The fourth-order valence-electron chi connectivity index (χ4n) is 1.47. The third-order valence-electron chi connectivity index (χ3n) is 2.48. The second-order valence-electron chi connectivity index (χ2n) is 3.74. The van der Waals surface area contributed by atoms with Crippen LogP contribution in [0.1, 0.15) is 11.5 Å². The van der Waals surface area contributed by atoms with Crippen molar-refractivity contribution >= 4 is 28.7 Å². The van der Waals surface area contributed by atoms with Crippen LogP contribution in [-0.4, -0.2) is 25.1 Å².